The van der Waals surface area contributed by atoms with Crippen molar-refractivity contribution >= 4 is 17.4 Å². The molecule has 18 heavy (non-hydrogen) atoms. The van der Waals surface area contributed by atoms with Gasteiger partial charge in [-0.15, -0.1) is 0 Å². The maximum atomic E-state index is 5.99. The predicted molar refractivity (Wildman–Crippen MR) is 75.2 cm³/mol. The Morgan fingerprint density at radius 2 is 2.22 bits per heavy atom. The molecule has 5 heteroatoms. The molecule has 1 aromatic heterocycles. The van der Waals surface area contributed by atoms with E-state index in [0.717, 1.165) is 43.6 Å². The van der Waals surface area contributed by atoms with Crippen molar-refractivity contribution in [3.05, 3.63) is 17.0 Å². The maximum absolute atomic E-state index is 5.99. The highest BCUT2D eigenvalue weighted by Gasteiger charge is 2.25. The SMILES string of the molecule is CCCc1nc(Cl)cc(NCCN(C)C2CC2)n1. The number of nitrogens with one attached hydrogen (secondary N) is 1. The number of rotatable bonds is 7. The summed E-state index contributed by atoms with van der Waals surface area (Å²) in [4.78, 5) is 11.1. The molecule has 0 atom stereocenters. The molecule has 1 aromatic rings. The first-order valence-electron chi connectivity index (χ1n) is 6.66. The van der Waals surface area contributed by atoms with Gasteiger partial charge in [-0.1, -0.05) is 18.5 Å². The molecule has 0 bridgehead atoms. The molecule has 0 unspecified atom stereocenters. The zero-order valence-electron chi connectivity index (χ0n) is 11.1. The van der Waals surface area contributed by atoms with Crippen LogP contribution in [0.15, 0.2) is 6.07 Å². The van der Waals surface area contributed by atoms with E-state index in [1.165, 1.54) is 12.8 Å². The van der Waals surface area contributed by atoms with E-state index in [0.29, 0.717) is 5.15 Å². The van der Waals surface area contributed by atoms with Crippen molar-refractivity contribution in [3.8, 4) is 0 Å². The summed E-state index contributed by atoms with van der Waals surface area (Å²) in [7, 11) is 2.18. The molecule has 0 saturated heterocycles. The van der Waals surface area contributed by atoms with Gasteiger partial charge in [-0.2, -0.15) is 0 Å². The first kappa shape index (κ1) is 13.6. The van der Waals surface area contributed by atoms with E-state index in [1.54, 1.807) is 6.07 Å². The minimum absolute atomic E-state index is 0.520. The van der Waals surface area contributed by atoms with E-state index in [4.69, 9.17) is 11.6 Å². The van der Waals surface area contributed by atoms with Gasteiger partial charge in [0.15, 0.2) is 0 Å². The van der Waals surface area contributed by atoms with Gasteiger partial charge in [-0.05, 0) is 26.3 Å². The van der Waals surface area contributed by atoms with Crippen molar-refractivity contribution in [1.82, 2.24) is 14.9 Å². The van der Waals surface area contributed by atoms with Gasteiger partial charge in [-0.25, -0.2) is 9.97 Å². The molecule has 1 fully saturated rings. The van der Waals surface area contributed by atoms with Crippen LogP contribution >= 0.6 is 11.6 Å². The van der Waals surface area contributed by atoms with Crippen LogP contribution in [-0.4, -0.2) is 41.0 Å². The number of likely N-dealkylation sites (N-methyl/N-ethyl adjacent to an activating group) is 1. The smallest absolute Gasteiger partial charge is 0.134 e. The Morgan fingerprint density at radius 1 is 1.44 bits per heavy atom. The summed E-state index contributed by atoms with van der Waals surface area (Å²) >= 11 is 5.99. The summed E-state index contributed by atoms with van der Waals surface area (Å²) in [5.74, 6) is 1.66. The van der Waals surface area contributed by atoms with Gasteiger partial charge in [-0.3, -0.25) is 0 Å². The Labute approximate surface area is 114 Å². The van der Waals surface area contributed by atoms with E-state index in [2.05, 4.69) is 34.2 Å². The van der Waals surface area contributed by atoms with Crippen LogP contribution in [0.5, 0.6) is 0 Å². The molecule has 0 amide bonds. The Balaban J connectivity index is 1.83. The monoisotopic (exact) mass is 268 g/mol. The first-order chi connectivity index (χ1) is 8.69. The summed E-state index contributed by atoms with van der Waals surface area (Å²) < 4.78 is 0. The van der Waals surface area contributed by atoms with Crippen LogP contribution in [0.2, 0.25) is 5.15 Å². The second kappa shape index (κ2) is 6.34. The van der Waals surface area contributed by atoms with Gasteiger partial charge < -0.3 is 10.2 Å². The number of aromatic nitrogens is 2. The largest absolute Gasteiger partial charge is 0.369 e. The van der Waals surface area contributed by atoms with Gasteiger partial charge in [0.25, 0.3) is 0 Å². The zero-order chi connectivity index (χ0) is 13.0. The van der Waals surface area contributed by atoms with Crippen molar-refractivity contribution < 1.29 is 0 Å². The minimum atomic E-state index is 0.520. The lowest BCUT2D eigenvalue weighted by Gasteiger charge is -2.16. The molecule has 4 nitrogen and oxygen atoms in total. The van der Waals surface area contributed by atoms with Crippen LogP contribution in [0, 0.1) is 0 Å². The molecular formula is C13H21ClN4. The predicted octanol–water partition coefficient (Wildman–Crippen LogP) is 2.59. The second-order valence-electron chi connectivity index (χ2n) is 4.88. The number of hydrogen-bond donors (Lipinski definition) is 1. The van der Waals surface area contributed by atoms with Gasteiger partial charge >= 0.3 is 0 Å². The summed E-state index contributed by atoms with van der Waals surface area (Å²) in [5.41, 5.74) is 0. The third-order valence-electron chi connectivity index (χ3n) is 3.16. The lowest BCUT2D eigenvalue weighted by Crippen LogP contribution is -2.27. The highest BCUT2D eigenvalue weighted by Crippen LogP contribution is 2.24. The molecule has 100 valence electrons. The third-order valence-corrected chi connectivity index (χ3v) is 3.35. The maximum Gasteiger partial charge on any atom is 0.134 e. The van der Waals surface area contributed by atoms with Crippen LogP contribution in [0.25, 0.3) is 0 Å². The molecule has 1 aliphatic rings. The molecule has 1 N–H and O–H groups in total. The Morgan fingerprint density at radius 3 is 2.89 bits per heavy atom. The lowest BCUT2D eigenvalue weighted by atomic mass is 10.3. The van der Waals surface area contributed by atoms with Gasteiger partial charge in [0.1, 0.15) is 16.8 Å². The van der Waals surface area contributed by atoms with Crippen LogP contribution < -0.4 is 5.32 Å². The highest BCUT2D eigenvalue weighted by molar-refractivity contribution is 6.29. The van der Waals surface area contributed by atoms with Crippen LogP contribution in [-0.2, 0) is 6.42 Å². The molecule has 1 aliphatic carbocycles. The Kier molecular flexibility index (Phi) is 4.78. The average molecular weight is 269 g/mol. The number of halogens is 1. The Bertz CT molecular complexity index is 393. The fourth-order valence-electron chi connectivity index (χ4n) is 1.95. The van der Waals surface area contributed by atoms with Crippen molar-refractivity contribution in [2.24, 2.45) is 0 Å². The summed E-state index contributed by atoms with van der Waals surface area (Å²) in [6.45, 7) is 4.04. The minimum Gasteiger partial charge on any atom is -0.369 e. The van der Waals surface area contributed by atoms with Crippen LogP contribution in [0.1, 0.15) is 32.0 Å². The molecule has 1 heterocycles. The highest BCUT2D eigenvalue weighted by atomic mass is 35.5. The van der Waals surface area contributed by atoms with Crippen molar-refractivity contribution in [1.29, 1.82) is 0 Å². The van der Waals surface area contributed by atoms with Crippen molar-refractivity contribution in [2.45, 2.75) is 38.6 Å². The zero-order valence-corrected chi connectivity index (χ0v) is 11.9. The third kappa shape index (κ3) is 4.10. The lowest BCUT2D eigenvalue weighted by molar-refractivity contribution is 0.337. The van der Waals surface area contributed by atoms with Crippen molar-refractivity contribution in [2.75, 3.05) is 25.5 Å². The standard InChI is InChI=1S/C13H21ClN4/c1-3-4-12-16-11(14)9-13(17-12)15-7-8-18(2)10-5-6-10/h9-10H,3-8H2,1-2H3,(H,15,16,17). The van der Waals surface area contributed by atoms with Crippen LogP contribution in [0.3, 0.4) is 0 Å². The average Bonchev–Trinajstić information content (AvgIpc) is 3.12. The summed E-state index contributed by atoms with van der Waals surface area (Å²) in [6, 6.07) is 2.59. The van der Waals surface area contributed by atoms with E-state index < -0.39 is 0 Å². The topological polar surface area (TPSA) is 41.1 Å². The van der Waals surface area contributed by atoms with Gasteiger partial charge in [0.2, 0.25) is 0 Å². The van der Waals surface area contributed by atoms with E-state index in [-0.39, 0.29) is 0 Å². The Hall–Kier alpha value is -0.870. The number of nitrogens with zero attached hydrogens (tertiary/aromatic N) is 3. The summed E-state index contributed by atoms with van der Waals surface area (Å²) in [6.07, 6.45) is 4.59. The van der Waals surface area contributed by atoms with E-state index in [9.17, 15) is 0 Å². The summed E-state index contributed by atoms with van der Waals surface area (Å²) in [5, 5.41) is 3.84. The second-order valence-corrected chi connectivity index (χ2v) is 5.27. The molecule has 0 aliphatic heterocycles. The quantitative estimate of drug-likeness (QED) is 0.772. The number of aryl methyl sites for hydroxylation is 1. The molecule has 1 saturated carbocycles. The normalized spacial score (nSPS) is 15.1. The molecule has 0 radical (unpaired) electrons. The van der Waals surface area contributed by atoms with E-state index >= 15 is 0 Å². The van der Waals surface area contributed by atoms with E-state index in [1.807, 2.05) is 0 Å². The number of anilines is 1. The molecule has 2 rings (SSSR count). The first-order valence-corrected chi connectivity index (χ1v) is 7.04. The van der Waals surface area contributed by atoms with Crippen molar-refractivity contribution in [3.63, 3.8) is 0 Å². The van der Waals surface area contributed by atoms with Gasteiger partial charge in [0.05, 0.1) is 0 Å². The number of hydrogen-bond acceptors (Lipinski definition) is 4. The molecular weight excluding hydrogens is 248 g/mol. The van der Waals surface area contributed by atoms with Gasteiger partial charge in [0, 0.05) is 31.6 Å². The fraction of sp³-hybridized carbons (Fsp3) is 0.692. The fourth-order valence-corrected chi connectivity index (χ4v) is 2.15. The molecule has 0 spiro atoms. The molecule has 0 aromatic carbocycles. The van der Waals surface area contributed by atoms with Crippen LogP contribution in [0.4, 0.5) is 5.82 Å².